The van der Waals surface area contributed by atoms with Crippen LogP contribution in [-0.2, 0) is 14.6 Å². The highest BCUT2D eigenvalue weighted by atomic mass is 32.2. The standard InChI is InChI=1S/C13H16FN3O5S/c1-16(10-4-5-23(21,22)8-10)7-13(18)15-11-3-2-9(14)6-12(11)17(19)20/h2-3,6,10H,4-5,7-8H2,1H3,(H,15,18)/t10-/m0/s1. The third-order valence-electron chi connectivity index (χ3n) is 3.66. The second-order valence-electron chi connectivity index (χ2n) is 5.44. The van der Waals surface area contributed by atoms with Gasteiger partial charge in [0.2, 0.25) is 5.91 Å². The fourth-order valence-electron chi connectivity index (χ4n) is 2.43. The van der Waals surface area contributed by atoms with E-state index in [0.717, 1.165) is 18.2 Å². The van der Waals surface area contributed by atoms with Gasteiger partial charge < -0.3 is 5.32 Å². The Morgan fingerprint density at radius 3 is 2.78 bits per heavy atom. The van der Waals surface area contributed by atoms with Gasteiger partial charge in [-0.15, -0.1) is 0 Å². The van der Waals surface area contributed by atoms with Gasteiger partial charge in [0, 0.05) is 6.04 Å². The number of carbonyl (C=O) groups is 1. The summed E-state index contributed by atoms with van der Waals surface area (Å²) >= 11 is 0. The molecule has 1 heterocycles. The zero-order chi connectivity index (χ0) is 17.2. The quantitative estimate of drug-likeness (QED) is 0.624. The van der Waals surface area contributed by atoms with Gasteiger partial charge in [-0.1, -0.05) is 0 Å². The number of nitro benzene ring substituents is 1. The van der Waals surface area contributed by atoms with E-state index in [2.05, 4.69) is 5.32 Å². The monoisotopic (exact) mass is 345 g/mol. The van der Waals surface area contributed by atoms with Crippen LogP contribution in [-0.4, -0.2) is 55.3 Å². The third kappa shape index (κ3) is 4.45. The lowest BCUT2D eigenvalue weighted by Crippen LogP contribution is -2.38. The minimum atomic E-state index is -3.06. The van der Waals surface area contributed by atoms with Crippen LogP contribution in [0.1, 0.15) is 6.42 Å². The summed E-state index contributed by atoms with van der Waals surface area (Å²) in [5.74, 6) is -1.23. The molecule has 1 aromatic rings. The number of nitrogens with one attached hydrogen (secondary N) is 1. The molecule has 1 saturated heterocycles. The highest BCUT2D eigenvalue weighted by molar-refractivity contribution is 7.91. The normalized spacial score (nSPS) is 19.7. The van der Waals surface area contributed by atoms with E-state index < -0.39 is 32.2 Å². The molecule has 0 bridgehead atoms. The summed E-state index contributed by atoms with van der Waals surface area (Å²) in [6.07, 6.45) is 0.447. The molecule has 0 aliphatic carbocycles. The highest BCUT2D eigenvalue weighted by Gasteiger charge is 2.31. The zero-order valence-electron chi connectivity index (χ0n) is 12.4. The van der Waals surface area contributed by atoms with E-state index >= 15 is 0 Å². The number of carbonyl (C=O) groups excluding carboxylic acids is 1. The number of nitro groups is 1. The number of halogens is 1. The van der Waals surface area contributed by atoms with Crippen LogP contribution in [0.2, 0.25) is 0 Å². The smallest absolute Gasteiger partial charge is 0.295 e. The number of hydrogen-bond donors (Lipinski definition) is 1. The molecule has 1 atom stereocenters. The van der Waals surface area contributed by atoms with Crippen molar-refractivity contribution in [2.45, 2.75) is 12.5 Å². The molecule has 23 heavy (non-hydrogen) atoms. The lowest BCUT2D eigenvalue weighted by Gasteiger charge is -2.22. The van der Waals surface area contributed by atoms with Gasteiger partial charge in [-0.25, -0.2) is 12.8 Å². The number of nitrogens with zero attached hydrogens (tertiary/aromatic N) is 2. The first kappa shape index (κ1) is 17.3. The van der Waals surface area contributed by atoms with Crippen LogP contribution in [0.25, 0.3) is 0 Å². The lowest BCUT2D eigenvalue weighted by molar-refractivity contribution is -0.384. The Morgan fingerprint density at radius 1 is 1.52 bits per heavy atom. The van der Waals surface area contributed by atoms with Gasteiger partial charge in [0.25, 0.3) is 5.69 Å². The van der Waals surface area contributed by atoms with Crippen molar-refractivity contribution in [2.24, 2.45) is 0 Å². The van der Waals surface area contributed by atoms with E-state index in [1.807, 2.05) is 0 Å². The molecule has 0 saturated carbocycles. The van der Waals surface area contributed by atoms with Gasteiger partial charge in [-0.05, 0) is 25.6 Å². The van der Waals surface area contributed by atoms with Crippen LogP contribution in [0, 0.1) is 15.9 Å². The van der Waals surface area contributed by atoms with Crippen molar-refractivity contribution in [2.75, 3.05) is 30.4 Å². The van der Waals surface area contributed by atoms with E-state index in [1.54, 1.807) is 11.9 Å². The van der Waals surface area contributed by atoms with Crippen LogP contribution in [0.15, 0.2) is 18.2 Å². The van der Waals surface area contributed by atoms with Gasteiger partial charge in [0.15, 0.2) is 9.84 Å². The molecular weight excluding hydrogens is 329 g/mol. The molecule has 1 fully saturated rings. The Labute approximate surface area is 132 Å². The average Bonchev–Trinajstić information content (AvgIpc) is 2.81. The first-order valence-electron chi connectivity index (χ1n) is 6.82. The maximum Gasteiger partial charge on any atom is 0.295 e. The zero-order valence-corrected chi connectivity index (χ0v) is 13.2. The Bertz CT molecular complexity index is 737. The summed E-state index contributed by atoms with van der Waals surface area (Å²) in [5.41, 5.74) is -0.640. The summed E-state index contributed by atoms with van der Waals surface area (Å²) in [6.45, 7) is -0.116. The van der Waals surface area contributed by atoms with E-state index in [1.165, 1.54) is 0 Å². The van der Waals surface area contributed by atoms with Gasteiger partial charge in [-0.2, -0.15) is 0 Å². The molecule has 1 aliphatic rings. The summed E-state index contributed by atoms with van der Waals surface area (Å²) in [5, 5.41) is 13.2. The minimum Gasteiger partial charge on any atom is -0.319 e. The largest absolute Gasteiger partial charge is 0.319 e. The first-order chi connectivity index (χ1) is 10.7. The van der Waals surface area contributed by atoms with Crippen LogP contribution >= 0.6 is 0 Å². The minimum absolute atomic E-state index is 0.00647. The Morgan fingerprint density at radius 2 is 2.22 bits per heavy atom. The van der Waals surface area contributed by atoms with Crippen LogP contribution in [0.3, 0.4) is 0 Å². The van der Waals surface area contributed by atoms with E-state index in [4.69, 9.17) is 0 Å². The van der Waals surface area contributed by atoms with Crippen molar-refractivity contribution in [3.05, 3.63) is 34.1 Å². The van der Waals surface area contributed by atoms with Crippen molar-refractivity contribution >= 4 is 27.1 Å². The number of amides is 1. The number of sulfone groups is 1. The van der Waals surface area contributed by atoms with Gasteiger partial charge in [0.05, 0.1) is 29.0 Å². The second-order valence-corrected chi connectivity index (χ2v) is 7.67. The molecule has 0 spiro atoms. The third-order valence-corrected chi connectivity index (χ3v) is 5.41. The molecule has 126 valence electrons. The second kappa shape index (κ2) is 6.59. The highest BCUT2D eigenvalue weighted by Crippen LogP contribution is 2.25. The van der Waals surface area contributed by atoms with Crippen LogP contribution in [0.5, 0.6) is 0 Å². The molecule has 8 nitrogen and oxygen atoms in total. The number of likely N-dealkylation sites (N-methyl/N-ethyl adjacent to an activating group) is 1. The fraction of sp³-hybridized carbons (Fsp3) is 0.462. The molecule has 1 amide bonds. The molecular formula is C13H16FN3O5S. The number of benzene rings is 1. The maximum absolute atomic E-state index is 13.0. The molecule has 1 aliphatic heterocycles. The molecule has 0 aromatic heterocycles. The Kier molecular flexibility index (Phi) is 4.95. The summed E-state index contributed by atoms with van der Waals surface area (Å²) in [4.78, 5) is 23.7. The molecule has 2 rings (SSSR count). The average molecular weight is 345 g/mol. The van der Waals surface area contributed by atoms with Crippen molar-refractivity contribution in [3.63, 3.8) is 0 Å². The molecule has 10 heteroatoms. The Hall–Kier alpha value is -2.07. The van der Waals surface area contributed by atoms with E-state index in [0.29, 0.717) is 6.42 Å². The molecule has 1 aromatic carbocycles. The van der Waals surface area contributed by atoms with Gasteiger partial charge in [0.1, 0.15) is 11.5 Å². The van der Waals surface area contributed by atoms with Crippen molar-refractivity contribution in [3.8, 4) is 0 Å². The van der Waals surface area contributed by atoms with E-state index in [9.17, 15) is 27.7 Å². The summed E-state index contributed by atoms with van der Waals surface area (Å²) in [6, 6.07) is 2.60. The SMILES string of the molecule is CN(CC(=O)Nc1ccc(F)cc1[N+](=O)[O-])[C@H]1CCS(=O)(=O)C1. The van der Waals surface area contributed by atoms with Crippen LogP contribution < -0.4 is 5.32 Å². The van der Waals surface area contributed by atoms with Gasteiger partial charge >= 0.3 is 0 Å². The fourth-order valence-corrected chi connectivity index (χ4v) is 4.24. The first-order valence-corrected chi connectivity index (χ1v) is 8.64. The van der Waals surface area contributed by atoms with E-state index in [-0.39, 0.29) is 29.8 Å². The topological polar surface area (TPSA) is 110 Å². The summed E-state index contributed by atoms with van der Waals surface area (Å²) in [7, 11) is -1.45. The maximum atomic E-state index is 13.0. The number of rotatable bonds is 5. The molecule has 1 N–H and O–H groups in total. The number of anilines is 1. The van der Waals surface area contributed by atoms with Crippen molar-refractivity contribution in [1.82, 2.24) is 4.90 Å². The van der Waals surface area contributed by atoms with Crippen molar-refractivity contribution < 1.29 is 22.5 Å². The summed E-state index contributed by atoms with van der Waals surface area (Å²) < 4.78 is 35.9. The predicted octanol–water partition coefficient (Wildman–Crippen LogP) is 0.791. The predicted molar refractivity (Wildman–Crippen MR) is 81.4 cm³/mol. The van der Waals surface area contributed by atoms with Gasteiger partial charge in [-0.3, -0.25) is 19.8 Å². The lowest BCUT2D eigenvalue weighted by atomic mass is 10.2. The molecule has 0 radical (unpaired) electrons. The Balaban J connectivity index is 2.01. The van der Waals surface area contributed by atoms with Crippen molar-refractivity contribution in [1.29, 1.82) is 0 Å². The number of hydrogen-bond acceptors (Lipinski definition) is 6. The molecule has 0 unspecified atom stereocenters. The van der Waals surface area contributed by atoms with Crippen LogP contribution in [0.4, 0.5) is 15.8 Å².